The first kappa shape index (κ1) is 33.4. The molecule has 0 fully saturated rings. The van der Waals surface area contributed by atoms with Gasteiger partial charge in [0.2, 0.25) is 0 Å². The molecule has 0 radical (unpaired) electrons. The summed E-state index contributed by atoms with van der Waals surface area (Å²) in [6.45, 7) is 3.89. The Morgan fingerprint density at radius 3 is 1.63 bits per heavy atom. The minimum Gasteiger partial charge on any atom is -0.489 e. The van der Waals surface area contributed by atoms with Crippen LogP contribution in [0.25, 0.3) is 27.8 Å². The van der Waals surface area contributed by atoms with E-state index in [0.717, 1.165) is 56.5 Å². The third-order valence-electron chi connectivity index (χ3n) is 7.52. The minimum absolute atomic E-state index is 0.338. The monoisotopic (exact) mass is 690 g/mol. The van der Waals surface area contributed by atoms with Crippen molar-refractivity contribution in [3.8, 4) is 33.8 Å². The van der Waals surface area contributed by atoms with Gasteiger partial charge in [-0.05, 0) is 107 Å². The number of halogens is 4. The molecule has 0 saturated heterocycles. The first-order valence-electron chi connectivity index (χ1n) is 14.5. The topological polar surface area (TPSA) is 55.8 Å². The van der Waals surface area contributed by atoms with Gasteiger partial charge in [-0.3, -0.25) is 0 Å². The van der Waals surface area contributed by atoms with Crippen LogP contribution in [0.1, 0.15) is 30.0 Å². The van der Waals surface area contributed by atoms with Crippen LogP contribution in [0.4, 0.5) is 0 Å². The number of carbonyl (C=O) groups is 1. The van der Waals surface area contributed by atoms with Gasteiger partial charge in [0.15, 0.2) is 6.61 Å². The van der Waals surface area contributed by atoms with Gasteiger partial charge in [0.05, 0.1) is 0 Å². The molecule has 4 nitrogen and oxygen atoms in total. The summed E-state index contributed by atoms with van der Waals surface area (Å²) in [4.78, 5) is 10.9. The number of carboxylic acid groups (broad SMARTS) is 1. The average molecular weight is 692 g/mol. The van der Waals surface area contributed by atoms with E-state index >= 15 is 0 Å². The van der Waals surface area contributed by atoms with Gasteiger partial charge >= 0.3 is 5.97 Å². The molecule has 0 saturated carbocycles. The molecule has 0 spiro atoms. The van der Waals surface area contributed by atoms with Crippen molar-refractivity contribution >= 4 is 57.9 Å². The smallest absolute Gasteiger partial charge is 0.341 e. The molecular formula is C38H30Cl4O4. The largest absolute Gasteiger partial charge is 0.489 e. The molecule has 0 aliphatic rings. The Kier molecular flexibility index (Phi) is 11.0. The van der Waals surface area contributed by atoms with Crippen molar-refractivity contribution in [2.45, 2.75) is 20.3 Å². The third-order valence-corrected chi connectivity index (χ3v) is 8.65. The van der Waals surface area contributed by atoms with Crippen molar-refractivity contribution in [1.82, 2.24) is 0 Å². The van der Waals surface area contributed by atoms with Gasteiger partial charge in [0.25, 0.3) is 0 Å². The first-order valence-corrected chi connectivity index (χ1v) is 16.1. The van der Waals surface area contributed by atoms with Gasteiger partial charge in [-0.25, -0.2) is 4.79 Å². The van der Waals surface area contributed by atoms with Gasteiger partial charge in [-0.2, -0.15) is 0 Å². The fraction of sp³-hybridized carbons (Fsp3) is 0.132. The molecule has 5 rings (SSSR count). The Balaban J connectivity index is 1.52. The van der Waals surface area contributed by atoms with E-state index in [9.17, 15) is 4.79 Å². The second-order valence-corrected chi connectivity index (χ2v) is 12.3. The van der Waals surface area contributed by atoms with Crippen molar-refractivity contribution in [3.63, 3.8) is 0 Å². The number of ether oxygens (including phenoxy) is 2. The molecular weight excluding hydrogens is 662 g/mol. The third kappa shape index (κ3) is 8.07. The van der Waals surface area contributed by atoms with Crippen LogP contribution in [0.3, 0.4) is 0 Å². The lowest BCUT2D eigenvalue weighted by Gasteiger charge is -2.18. The number of aliphatic carboxylic acids is 1. The van der Waals surface area contributed by atoms with E-state index in [1.807, 2.05) is 49.4 Å². The van der Waals surface area contributed by atoms with E-state index in [-0.39, 0.29) is 0 Å². The maximum atomic E-state index is 10.9. The molecule has 0 heterocycles. The van der Waals surface area contributed by atoms with E-state index < -0.39 is 12.6 Å². The summed E-state index contributed by atoms with van der Waals surface area (Å²) >= 11 is 25.5. The van der Waals surface area contributed by atoms with Crippen molar-refractivity contribution in [2.24, 2.45) is 0 Å². The number of rotatable bonds is 11. The minimum atomic E-state index is -1.03. The Morgan fingerprint density at radius 2 is 1.17 bits per heavy atom. The Morgan fingerprint density at radius 1 is 0.652 bits per heavy atom. The SMILES string of the molecule is CCC(COc1ccc(OCC(=O)O)c(C)c1)=C(c1ccc(-c2cc(Cl)ccc2Cl)cc1)c1ccc(-c2cc(Cl)ccc2Cl)cc1. The molecule has 5 aromatic carbocycles. The van der Waals surface area contributed by atoms with Crippen LogP contribution in [0.5, 0.6) is 11.5 Å². The van der Waals surface area contributed by atoms with E-state index in [4.69, 9.17) is 61.0 Å². The lowest BCUT2D eigenvalue weighted by atomic mass is 9.90. The summed E-state index contributed by atoms with van der Waals surface area (Å²) < 4.78 is 11.7. The second-order valence-electron chi connectivity index (χ2n) is 10.6. The summed E-state index contributed by atoms with van der Waals surface area (Å²) in [5, 5.41) is 11.4. The second kappa shape index (κ2) is 15.1. The molecule has 234 valence electrons. The lowest BCUT2D eigenvalue weighted by Crippen LogP contribution is -2.10. The molecule has 0 bridgehead atoms. The Bertz CT molecular complexity index is 1800. The molecule has 0 unspecified atom stereocenters. The van der Waals surface area contributed by atoms with Gasteiger partial charge in [0.1, 0.15) is 18.1 Å². The van der Waals surface area contributed by atoms with Crippen LogP contribution in [0.15, 0.2) is 109 Å². The van der Waals surface area contributed by atoms with Crippen LogP contribution in [-0.2, 0) is 4.79 Å². The number of hydrogen-bond donors (Lipinski definition) is 1. The van der Waals surface area contributed by atoms with Crippen molar-refractivity contribution in [2.75, 3.05) is 13.2 Å². The summed E-state index contributed by atoms with van der Waals surface area (Å²) in [7, 11) is 0. The Labute approximate surface area is 288 Å². The fourth-order valence-corrected chi connectivity index (χ4v) is 5.98. The predicted molar refractivity (Wildman–Crippen MR) is 190 cm³/mol. The number of carboxylic acids is 1. The normalized spacial score (nSPS) is 10.8. The summed E-state index contributed by atoms with van der Waals surface area (Å²) in [6.07, 6.45) is 0.734. The summed E-state index contributed by atoms with van der Waals surface area (Å²) in [5.74, 6) is 0.126. The van der Waals surface area contributed by atoms with E-state index in [2.05, 4.69) is 31.2 Å². The van der Waals surface area contributed by atoms with Gasteiger partial charge < -0.3 is 14.6 Å². The van der Waals surface area contributed by atoms with Gasteiger partial charge in [-0.15, -0.1) is 0 Å². The molecule has 0 aliphatic heterocycles. The lowest BCUT2D eigenvalue weighted by molar-refractivity contribution is -0.139. The zero-order valence-electron chi connectivity index (χ0n) is 25.1. The summed E-state index contributed by atoms with van der Waals surface area (Å²) in [5.41, 5.74) is 8.59. The van der Waals surface area contributed by atoms with Gasteiger partial charge in [0, 0.05) is 31.2 Å². The highest BCUT2D eigenvalue weighted by molar-refractivity contribution is 6.36. The molecule has 0 atom stereocenters. The quantitative estimate of drug-likeness (QED) is 0.150. The van der Waals surface area contributed by atoms with Crippen LogP contribution >= 0.6 is 46.4 Å². The zero-order valence-corrected chi connectivity index (χ0v) is 28.1. The predicted octanol–water partition coefficient (Wildman–Crippen LogP) is 11.7. The number of benzene rings is 5. The van der Waals surface area contributed by atoms with Crippen LogP contribution in [0.2, 0.25) is 20.1 Å². The van der Waals surface area contributed by atoms with E-state index in [1.165, 1.54) is 0 Å². The standard InChI is InChI=1S/C38H30Cl4O4/c1-3-24(21-45-31-14-17-36(23(2)18-31)46-22-37(43)44)38(27-8-4-25(5-9-27)32-19-29(39)12-15-34(32)41)28-10-6-26(7-11-28)33-20-30(40)13-16-35(33)42/h4-20H,3,21-22H2,1-2H3,(H,43,44). The van der Waals surface area contributed by atoms with Crippen molar-refractivity contribution in [3.05, 3.63) is 145 Å². The van der Waals surface area contributed by atoms with Gasteiger partial charge in [-0.1, -0.05) is 102 Å². The van der Waals surface area contributed by atoms with Crippen LogP contribution < -0.4 is 9.47 Å². The fourth-order valence-electron chi connectivity index (χ4n) is 5.18. The molecule has 5 aromatic rings. The number of aryl methyl sites for hydroxylation is 1. The Hall–Kier alpha value is -3.93. The number of hydrogen-bond acceptors (Lipinski definition) is 3. The average Bonchev–Trinajstić information content (AvgIpc) is 3.05. The molecule has 0 aromatic heterocycles. The molecule has 0 aliphatic carbocycles. The highest BCUT2D eigenvalue weighted by atomic mass is 35.5. The zero-order chi connectivity index (χ0) is 32.8. The highest BCUT2D eigenvalue weighted by Gasteiger charge is 2.15. The molecule has 0 amide bonds. The summed E-state index contributed by atoms with van der Waals surface area (Å²) in [6, 6.07) is 32.7. The maximum Gasteiger partial charge on any atom is 0.341 e. The first-order chi connectivity index (χ1) is 22.1. The van der Waals surface area contributed by atoms with Crippen LogP contribution in [-0.4, -0.2) is 24.3 Å². The maximum absolute atomic E-state index is 10.9. The molecule has 1 N–H and O–H groups in total. The van der Waals surface area contributed by atoms with Crippen molar-refractivity contribution < 1.29 is 19.4 Å². The molecule has 8 heteroatoms. The van der Waals surface area contributed by atoms with Crippen molar-refractivity contribution in [1.29, 1.82) is 0 Å². The van der Waals surface area contributed by atoms with E-state index in [0.29, 0.717) is 38.2 Å². The molecule has 46 heavy (non-hydrogen) atoms. The van der Waals surface area contributed by atoms with E-state index in [1.54, 1.807) is 36.4 Å². The van der Waals surface area contributed by atoms with Crippen LogP contribution in [0, 0.1) is 6.92 Å². The highest BCUT2D eigenvalue weighted by Crippen LogP contribution is 2.36.